The summed E-state index contributed by atoms with van der Waals surface area (Å²) >= 11 is 0. The number of piperidine rings is 1. The van der Waals surface area contributed by atoms with Gasteiger partial charge in [0.2, 0.25) is 10.0 Å². The van der Waals surface area contributed by atoms with Crippen LogP contribution in [0, 0.1) is 0 Å². The van der Waals surface area contributed by atoms with E-state index in [1.165, 1.54) is 28.6 Å². The molecule has 4 rings (SSSR count). The van der Waals surface area contributed by atoms with E-state index in [-0.39, 0.29) is 17.1 Å². The molecule has 9 heteroatoms. The summed E-state index contributed by atoms with van der Waals surface area (Å²) in [6.07, 6.45) is 2.78. The van der Waals surface area contributed by atoms with Crippen LogP contribution in [0.15, 0.2) is 64.0 Å². The SMILES string of the molecule is COc1ccc(-c2cc(COC(=O)c3ccc(S(=O)(=O)N4CCCCC4)cc3)no2)cc1. The number of esters is 1. The summed E-state index contributed by atoms with van der Waals surface area (Å²) in [4.78, 5) is 12.6. The molecule has 0 aliphatic carbocycles. The smallest absolute Gasteiger partial charge is 0.338 e. The Kier molecular flexibility index (Phi) is 6.57. The summed E-state index contributed by atoms with van der Waals surface area (Å²) in [7, 11) is -1.94. The van der Waals surface area contributed by atoms with Gasteiger partial charge in [-0.15, -0.1) is 0 Å². The molecule has 32 heavy (non-hydrogen) atoms. The Balaban J connectivity index is 1.36. The highest BCUT2D eigenvalue weighted by Gasteiger charge is 2.26. The minimum atomic E-state index is -3.54. The molecule has 0 spiro atoms. The first kappa shape index (κ1) is 22.0. The highest BCUT2D eigenvalue weighted by molar-refractivity contribution is 7.89. The van der Waals surface area contributed by atoms with Gasteiger partial charge in [0.15, 0.2) is 5.76 Å². The Morgan fingerprint density at radius 3 is 2.38 bits per heavy atom. The zero-order valence-electron chi connectivity index (χ0n) is 17.7. The van der Waals surface area contributed by atoms with Gasteiger partial charge in [0.25, 0.3) is 0 Å². The van der Waals surface area contributed by atoms with Crippen molar-refractivity contribution in [2.75, 3.05) is 20.2 Å². The Morgan fingerprint density at radius 2 is 1.72 bits per heavy atom. The van der Waals surface area contributed by atoms with Crippen molar-refractivity contribution in [1.82, 2.24) is 9.46 Å². The number of ether oxygens (including phenoxy) is 2. The fourth-order valence-electron chi connectivity index (χ4n) is 3.51. The van der Waals surface area contributed by atoms with Gasteiger partial charge >= 0.3 is 5.97 Å². The third-order valence-corrected chi connectivity index (χ3v) is 7.24. The van der Waals surface area contributed by atoms with Crippen molar-refractivity contribution in [2.24, 2.45) is 0 Å². The molecule has 0 radical (unpaired) electrons. The third-order valence-electron chi connectivity index (χ3n) is 5.33. The van der Waals surface area contributed by atoms with Crippen molar-refractivity contribution in [3.05, 3.63) is 65.9 Å². The van der Waals surface area contributed by atoms with Gasteiger partial charge in [-0.05, 0) is 61.4 Å². The normalized spacial score (nSPS) is 14.8. The van der Waals surface area contributed by atoms with Gasteiger partial charge < -0.3 is 14.0 Å². The van der Waals surface area contributed by atoms with Crippen LogP contribution in [0.3, 0.4) is 0 Å². The zero-order valence-corrected chi connectivity index (χ0v) is 18.5. The molecule has 2 heterocycles. The van der Waals surface area contributed by atoms with Crippen LogP contribution in [0.5, 0.6) is 5.75 Å². The molecule has 0 saturated carbocycles. The third kappa shape index (κ3) is 4.84. The molecule has 0 unspecified atom stereocenters. The summed E-state index contributed by atoms with van der Waals surface area (Å²) in [5, 5.41) is 3.93. The Hall–Kier alpha value is -3.17. The summed E-state index contributed by atoms with van der Waals surface area (Å²) < 4.78 is 42.7. The second-order valence-corrected chi connectivity index (χ2v) is 9.41. The number of hydrogen-bond donors (Lipinski definition) is 0. The summed E-state index contributed by atoms with van der Waals surface area (Å²) in [5.41, 5.74) is 1.55. The molecule has 1 aliphatic heterocycles. The molecule has 8 nitrogen and oxygen atoms in total. The van der Waals surface area contributed by atoms with E-state index in [2.05, 4.69) is 5.16 Å². The van der Waals surface area contributed by atoms with E-state index in [0.29, 0.717) is 24.5 Å². The lowest BCUT2D eigenvalue weighted by Crippen LogP contribution is -2.35. The molecule has 3 aromatic rings. The van der Waals surface area contributed by atoms with Gasteiger partial charge in [-0.2, -0.15) is 4.31 Å². The Bertz CT molecular complexity index is 1160. The topological polar surface area (TPSA) is 98.9 Å². The Morgan fingerprint density at radius 1 is 1.03 bits per heavy atom. The van der Waals surface area contributed by atoms with Crippen LogP contribution in [0.25, 0.3) is 11.3 Å². The van der Waals surface area contributed by atoms with Crippen LogP contribution in [-0.4, -0.2) is 44.0 Å². The van der Waals surface area contributed by atoms with Crippen LogP contribution in [-0.2, 0) is 21.4 Å². The van der Waals surface area contributed by atoms with Crippen molar-refractivity contribution >= 4 is 16.0 Å². The van der Waals surface area contributed by atoms with E-state index in [0.717, 1.165) is 30.6 Å². The first-order chi connectivity index (χ1) is 15.5. The van der Waals surface area contributed by atoms with Crippen molar-refractivity contribution in [3.8, 4) is 17.1 Å². The summed E-state index contributed by atoms with van der Waals surface area (Å²) in [5.74, 6) is 0.712. The van der Waals surface area contributed by atoms with Crippen LogP contribution in [0.2, 0.25) is 0 Å². The number of benzene rings is 2. The van der Waals surface area contributed by atoms with Gasteiger partial charge in [-0.1, -0.05) is 11.6 Å². The number of sulfonamides is 1. The molecule has 1 aromatic heterocycles. The van der Waals surface area contributed by atoms with Crippen molar-refractivity contribution in [2.45, 2.75) is 30.8 Å². The van der Waals surface area contributed by atoms with Crippen molar-refractivity contribution < 1.29 is 27.2 Å². The number of carbonyl (C=O) groups is 1. The number of hydrogen-bond acceptors (Lipinski definition) is 7. The van der Waals surface area contributed by atoms with E-state index in [1.807, 2.05) is 24.3 Å². The quantitative estimate of drug-likeness (QED) is 0.498. The van der Waals surface area contributed by atoms with E-state index < -0.39 is 16.0 Å². The molecule has 1 saturated heterocycles. The van der Waals surface area contributed by atoms with Gasteiger partial charge in [0.1, 0.15) is 18.1 Å². The number of aromatic nitrogens is 1. The zero-order chi connectivity index (χ0) is 22.6. The van der Waals surface area contributed by atoms with Gasteiger partial charge in [-0.25, -0.2) is 13.2 Å². The fourth-order valence-corrected chi connectivity index (χ4v) is 5.03. The lowest BCUT2D eigenvalue weighted by atomic mass is 10.1. The molecule has 1 fully saturated rings. The largest absolute Gasteiger partial charge is 0.497 e. The monoisotopic (exact) mass is 456 g/mol. The van der Waals surface area contributed by atoms with Crippen LogP contribution >= 0.6 is 0 Å². The van der Waals surface area contributed by atoms with Crippen molar-refractivity contribution in [3.63, 3.8) is 0 Å². The molecule has 0 N–H and O–H groups in total. The van der Waals surface area contributed by atoms with Crippen LogP contribution < -0.4 is 4.74 Å². The van der Waals surface area contributed by atoms with Gasteiger partial charge in [0, 0.05) is 24.7 Å². The predicted octanol–water partition coefficient (Wildman–Crippen LogP) is 3.88. The first-order valence-corrected chi connectivity index (χ1v) is 11.8. The first-order valence-electron chi connectivity index (χ1n) is 10.3. The molecule has 1 aliphatic rings. The molecular weight excluding hydrogens is 432 g/mol. The Labute approximate surface area is 186 Å². The maximum atomic E-state index is 12.7. The molecule has 168 valence electrons. The average Bonchev–Trinajstić information content (AvgIpc) is 3.32. The van der Waals surface area contributed by atoms with E-state index in [4.69, 9.17) is 14.0 Å². The molecular formula is C23H24N2O6S. The van der Waals surface area contributed by atoms with Crippen LogP contribution in [0.1, 0.15) is 35.3 Å². The predicted molar refractivity (Wildman–Crippen MR) is 117 cm³/mol. The number of rotatable bonds is 7. The lowest BCUT2D eigenvalue weighted by Gasteiger charge is -2.25. The molecule has 0 bridgehead atoms. The fraction of sp³-hybridized carbons (Fsp3) is 0.304. The highest BCUT2D eigenvalue weighted by Crippen LogP contribution is 2.24. The van der Waals surface area contributed by atoms with E-state index in [1.54, 1.807) is 13.2 Å². The van der Waals surface area contributed by atoms with E-state index in [9.17, 15) is 13.2 Å². The van der Waals surface area contributed by atoms with Crippen molar-refractivity contribution in [1.29, 1.82) is 0 Å². The number of carbonyl (C=O) groups excluding carboxylic acids is 1. The minimum absolute atomic E-state index is 0.0632. The van der Waals surface area contributed by atoms with Gasteiger partial charge in [0.05, 0.1) is 17.6 Å². The minimum Gasteiger partial charge on any atom is -0.497 e. The molecule has 0 amide bonds. The van der Waals surface area contributed by atoms with E-state index >= 15 is 0 Å². The summed E-state index contributed by atoms with van der Waals surface area (Å²) in [6.45, 7) is 0.997. The van der Waals surface area contributed by atoms with Crippen LogP contribution in [0.4, 0.5) is 0 Å². The van der Waals surface area contributed by atoms with Gasteiger partial charge in [-0.3, -0.25) is 0 Å². The molecule has 2 aromatic carbocycles. The standard InChI is InChI=1S/C23H24N2O6S/c1-29-20-9-5-17(6-10-20)22-15-19(24-31-22)16-30-23(26)18-7-11-21(12-8-18)32(27,28)25-13-3-2-4-14-25/h5-12,15H,2-4,13-14,16H2,1H3. The number of nitrogens with zero attached hydrogens (tertiary/aromatic N) is 2. The second kappa shape index (κ2) is 9.54. The maximum Gasteiger partial charge on any atom is 0.338 e. The number of methoxy groups -OCH3 is 1. The average molecular weight is 457 g/mol. The maximum absolute atomic E-state index is 12.7. The lowest BCUT2D eigenvalue weighted by molar-refractivity contribution is 0.0464. The highest BCUT2D eigenvalue weighted by atomic mass is 32.2. The summed E-state index contributed by atoms with van der Waals surface area (Å²) in [6, 6.07) is 14.8. The second-order valence-electron chi connectivity index (χ2n) is 7.48. The molecule has 0 atom stereocenters.